The number of rotatable bonds is 7. The van der Waals surface area contributed by atoms with E-state index in [9.17, 15) is 4.79 Å². The van der Waals surface area contributed by atoms with Gasteiger partial charge in [0.05, 0.1) is 32.5 Å². The molecule has 0 aliphatic heterocycles. The molecule has 0 radical (unpaired) electrons. The normalized spacial score (nSPS) is 11.8. The van der Waals surface area contributed by atoms with Crippen molar-refractivity contribution in [3.63, 3.8) is 0 Å². The number of hydrogen-bond acceptors (Lipinski definition) is 5. The minimum Gasteiger partial charge on any atom is -0.497 e. The molecule has 0 aromatic heterocycles. The molecule has 0 fully saturated rings. The summed E-state index contributed by atoms with van der Waals surface area (Å²) in [5.74, 6) is 0.443. The summed E-state index contributed by atoms with van der Waals surface area (Å²) in [5, 5.41) is 0. The van der Waals surface area contributed by atoms with Crippen LogP contribution >= 0.6 is 0 Å². The molecule has 0 saturated heterocycles. The molecule has 2 aromatic rings. The fourth-order valence-corrected chi connectivity index (χ4v) is 2.17. The Hall–Kier alpha value is -2.37. The molecule has 5 heteroatoms. The highest BCUT2D eigenvalue weighted by atomic mass is 16.5. The summed E-state index contributed by atoms with van der Waals surface area (Å²) in [6, 6.07) is 14.8. The third-order valence-electron chi connectivity index (χ3n) is 3.53. The largest absolute Gasteiger partial charge is 0.497 e. The van der Waals surface area contributed by atoms with Crippen LogP contribution in [0.5, 0.6) is 5.75 Å². The number of methoxy groups -OCH3 is 2. The van der Waals surface area contributed by atoms with Crippen LogP contribution in [0.1, 0.15) is 27.6 Å². The minimum atomic E-state index is -0.351. The van der Waals surface area contributed by atoms with Crippen LogP contribution in [0.2, 0.25) is 0 Å². The van der Waals surface area contributed by atoms with Crippen molar-refractivity contribution in [2.75, 3.05) is 20.8 Å². The fraction of sp³-hybridized carbons (Fsp3) is 0.278. The predicted octanol–water partition coefficient (Wildman–Crippen LogP) is 2.70. The second kappa shape index (κ2) is 8.31. The first kappa shape index (κ1) is 17.0. The van der Waals surface area contributed by atoms with Crippen LogP contribution in [-0.4, -0.2) is 26.7 Å². The van der Waals surface area contributed by atoms with E-state index >= 15 is 0 Å². The lowest BCUT2D eigenvalue weighted by atomic mass is 10.1. The number of esters is 1. The zero-order valence-corrected chi connectivity index (χ0v) is 13.3. The van der Waals surface area contributed by atoms with Gasteiger partial charge in [0.25, 0.3) is 0 Å². The molecule has 0 saturated carbocycles. The lowest BCUT2D eigenvalue weighted by molar-refractivity contribution is 0.0455. The number of hydrogen-bond donors (Lipinski definition) is 1. The molecule has 2 aromatic carbocycles. The van der Waals surface area contributed by atoms with Crippen molar-refractivity contribution in [1.82, 2.24) is 0 Å². The van der Waals surface area contributed by atoms with Crippen molar-refractivity contribution in [1.29, 1.82) is 0 Å². The molecule has 0 aliphatic rings. The van der Waals surface area contributed by atoms with Crippen LogP contribution in [0, 0.1) is 0 Å². The number of carbonyl (C=O) groups excluding carboxylic acids is 1. The molecule has 0 spiro atoms. The van der Waals surface area contributed by atoms with Crippen molar-refractivity contribution in [2.24, 2.45) is 5.73 Å². The van der Waals surface area contributed by atoms with E-state index in [4.69, 9.17) is 15.2 Å². The molecule has 2 N–H and O–H groups in total. The van der Waals surface area contributed by atoms with Gasteiger partial charge >= 0.3 is 5.97 Å². The number of benzene rings is 2. The van der Waals surface area contributed by atoms with Crippen LogP contribution in [0.3, 0.4) is 0 Å². The topological polar surface area (TPSA) is 70.8 Å². The Morgan fingerprint density at radius 1 is 1.04 bits per heavy atom. The summed E-state index contributed by atoms with van der Waals surface area (Å²) in [4.78, 5) is 11.4. The third-order valence-corrected chi connectivity index (χ3v) is 3.53. The van der Waals surface area contributed by atoms with Gasteiger partial charge in [0, 0.05) is 6.54 Å². The summed E-state index contributed by atoms with van der Waals surface area (Å²) in [6.45, 7) is 0.794. The summed E-state index contributed by atoms with van der Waals surface area (Å²) in [7, 11) is 2.99. The van der Waals surface area contributed by atoms with E-state index in [-0.39, 0.29) is 12.1 Å². The second-order valence-corrected chi connectivity index (χ2v) is 5.00. The molecule has 23 heavy (non-hydrogen) atoms. The van der Waals surface area contributed by atoms with E-state index in [1.807, 2.05) is 36.4 Å². The van der Waals surface area contributed by atoms with Crippen molar-refractivity contribution >= 4 is 5.97 Å². The van der Waals surface area contributed by atoms with Crippen LogP contribution in [-0.2, 0) is 16.1 Å². The van der Waals surface area contributed by atoms with E-state index in [2.05, 4.69) is 4.74 Å². The lowest BCUT2D eigenvalue weighted by Crippen LogP contribution is -2.15. The first-order chi connectivity index (χ1) is 11.2. The van der Waals surface area contributed by atoms with Gasteiger partial charge in [0.1, 0.15) is 5.75 Å². The van der Waals surface area contributed by atoms with Gasteiger partial charge in [-0.1, -0.05) is 24.3 Å². The van der Waals surface area contributed by atoms with Gasteiger partial charge in [-0.25, -0.2) is 4.79 Å². The van der Waals surface area contributed by atoms with E-state index < -0.39 is 0 Å². The van der Waals surface area contributed by atoms with Crippen molar-refractivity contribution in [2.45, 2.75) is 12.7 Å². The Kier molecular flexibility index (Phi) is 6.14. The van der Waals surface area contributed by atoms with Crippen LogP contribution in [0.4, 0.5) is 0 Å². The maximum atomic E-state index is 11.4. The van der Waals surface area contributed by atoms with Gasteiger partial charge in [0.15, 0.2) is 0 Å². The highest BCUT2D eigenvalue weighted by Gasteiger charge is 2.11. The molecule has 1 atom stereocenters. The summed E-state index contributed by atoms with van der Waals surface area (Å²) >= 11 is 0. The first-order valence-corrected chi connectivity index (χ1v) is 7.30. The van der Waals surface area contributed by atoms with Crippen LogP contribution < -0.4 is 10.5 Å². The number of ether oxygens (including phenoxy) is 3. The number of nitrogens with two attached hydrogens (primary N) is 1. The molecule has 0 heterocycles. The SMILES string of the molecule is COC(=O)c1ccc(COC(CN)c2ccc(OC)cc2)cc1. The molecule has 0 amide bonds. The predicted molar refractivity (Wildman–Crippen MR) is 87.4 cm³/mol. The summed E-state index contributed by atoms with van der Waals surface area (Å²) in [6.07, 6.45) is -0.193. The Labute approximate surface area is 136 Å². The highest BCUT2D eigenvalue weighted by Crippen LogP contribution is 2.21. The minimum absolute atomic E-state index is 0.193. The monoisotopic (exact) mass is 315 g/mol. The van der Waals surface area contributed by atoms with E-state index in [1.54, 1.807) is 19.2 Å². The number of carbonyl (C=O) groups is 1. The van der Waals surface area contributed by atoms with Crippen molar-refractivity contribution in [3.05, 3.63) is 65.2 Å². The molecule has 1 unspecified atom stereocenters. The standard InChI is InChI=1S/C18H21NO4/c1-21-16-9-7-14(8-10-16)17(11-19)23-12-13-3-5-15(6-4-13)18(20)22-2/h3-10,17H,11-12,19H2,1-2H3. The van der Waals surface area contributed by atoms with E-state index in [1.165, 1.54) is 7.11 Å². The molecular formula is C18H21NO4. The molecule has 122 valence electrons. The quantitative estimate of drug-likeness (QED) is 0.796. The molecular weight excluding hydrogens is 294 g/mol. The molecule has 0 bridgehead atoms. The fourth-order valence-electron chi connectivity index (χ4n) is 2.17. The van der Waals surface area contributed by atoms with Crippen molar-refractivity contribution < 1.29 is 19.0 Å². The lowest BCUT2D eigenvalue weighted by Gasteiger charge is -2.17. The van der Waals surface area contributed by atoms with Crippen molar-refractivity contribution in [3.8, 4) is 5.75 Å². The zero-order chi connectivity index (χ0) is 16.7. The average Bonchev–Trinajstić information content (AvgIpc) is 2.62. The van der Waals surface area contributed by atoms with Gasteiger partial charge in [-0.05, 0) is 35.4 Å². The van der Waals surface area contributed by atoms with E-state index in [0.717, 1.165) is 16.9 Å². The third kappa shape index (κ3) is 4.55. The summed E-state index contributed by atoms with van der Waals surface area (Å²) in [5.41, 5.74) is 8.28. The van der Waals surface area contributed by atoms with Crippen LogP contribution in [0.15, 0.2) is 48.5 Å². The highest BCUT2D eigenvalue weighted by molar-refractivity contribution is 5.89. The first-order valence-electron chi connectivity index (χ1n) is 7.30. The molecule has 0 aliphatic carbocycles. The Morgan fingerprint density at radius 3 is 2.22 bits per heavy atom. The zero-order valence-electron chi connectivity index (χ0n) is 13.3. The Morgan fingerprint density at radius 2 is 1.70 bits per heavy atom. The Bertz CT molecular complexity index is 622. The Balaban J connectivity index is 1.98. The van der Waals surface area contributed by atoms with Gasteiger partial charge < -0.3 is 19.9 Å². The molecule has 5 nitrogen and oxygen atoms in total. The summed E-state index contributed by atoms with van der Waals surface area (Å²) < 4.78 is 15.7. The average molecular weight is 315 g/mol. The van der Waals surface area contributed by atoms with Gasteiger partial charge in [-0.15, -0.1) is 0 Å². The van der Waals surface area contributed by atoms with Gasteiger partial charge in [-0.2, -0.15) is 0 Å². The van der Waals surface area contributed by atoms with E-state index in [0.29, 0.717) is 18.7 Å². The second-order valence-electron chi connectivity index (χ2n) is 5.00. The maximum Gasteiger partial charge on any atom is 0.337 e. The van der Waals surface area contributed by atoms with Gasteiger partial charge in [0.2, 0.25) is 0 Å². The maximum absolute atomic E-state index is 11.4. The smallest absolute Gasteiger partial charge is 0.337 e. The molecule has 2 rings (SSSR count). The van der Waals surface area contributed by atoms with Crippen LogP contribution in [0.25, 0.3) is 0 Å². The van der Waals surface area contributed by atoms with Gasteiger partial charge in [-0.3, -0.25) is 0 Å².